The van der Waals surface area contributed by atoms with E-state index in [9.17, 15) is 0 Å². The molecule has 0 fully saturated rings. The minimum Gasteiger partial charge on any atom is -0.298 e. The van der Waals surface area contributed by atoms with Crippen LogP contribution in [-0.2, 0) is 0 Å². The Morgan fingerprint density at radius 1 is 0.600 bits per heavy atom. The molecule has 1 aromatic carbocycles. The van der Waals surface area contributed by atoms with Crippen molar-refractivity contribution in [2.24, 2.45) is 0 Å². The van der Waals surface area contributed by atoms with Crippen LogP contribution in [0.15, 0.2) is 24.3 Å². The van der Waals surface area contributed by atoms with E-state index in [-0.39, 0.29) is 7.43 Å². The highest BCUT2D eigenvalue weighted by molar-refractivity contribution is 5.51. The van der Waals surface area contributed by atoms with Gasteiger partial charge in [-0.05, 0) is 0 Å². The molecule has 1 rings (SSSR count). The minimum absolute atomic E-state index is 0. The molecule has 15 heavy (non-hydrogen) atoms. The number of quaternary nitrogens is 2. The Labute approximate surface area is 94.9 Å². The van der Waals surface area contributed by atoms with Crippen molar-refractivity contribution in [3.05, 3.63) is 24.3 Å². The van der Waals surface area contributed by atoms with Crippen LogP contribution in [0.4, 0.5) is 11.4 Å². The van der Waals surface area contributed by atoms with Gasteiger partial charge in [-0.25, -0.2) is 0 Å². The van der Waals surface area contributed by atoms with Gasteiger partial charge in [0, 0.05) is 24.3 Å². The highest BCUT2D eigenvalue weighted by atomic mass is 15.3. The molecule has 0 saturated carbocycles. The first-order valence-electron chi connectivity index (χ1n) is 4.95. The van der Waals surface area contributed by atoms with Crippen LogP contribution in [0.1, 0.15) is 7.43 Å². The van der Waals surface area contributed by atoms with Crippen molar-refractivity contribution in [1.29, 1.82) is 0 Å². The van der Waals surface area contributed by atoms with Gasteiger partial charge in [-0.3, -0.25) is 8.97 Å². The molecule has 0 aliphatic carbocycles. The minimum atomic E-state index is 0. The zero-order valence-corrected chi connectivity index (χ0v) is 10.2. The predicted octanol–water partition coefficient (Wildman–Crippen LogP) is 2.72. The van der Waals surface area contributed by atoms with Crippen LogP contribution < -0.4 is 8.97 Å². The Balaban J connectivity index is 0.00000196. The topological polar surface area (TPSA) is 0 Å². The van der Waals surface area contributed by atoms with Gasteiger partial charge in [0.15, 0.2) is 0 Å². The molecule has 0 radical (unpaired) electrons. The lowest BCUT2D eigenvalue weighted by Crippen LogP contribution is -2.36. The highest BCUT2D eigenvalue weighted by Crippen LogP contribution is 2.23. The number of rotatable bonds is 2. The molecule has 86 valence electrons. The summed E-state index contributed by atoms with van der Waals surface area (Å²) in [7, 11) is 13.1. The first-order valence-corrected chi connectivity index (χ1v) is 4.95. The van der Waals surface area contributed by atoms with Crippen molar-refractivity contribution >= 4 is 11.4 Å². The van der Waals surface area contributed by atoms with Crippen LogP contribution >= 0.6 is 0 Å². The number of hydrogen-bond donors (Lipinski definition) is 0. The molecule has 0 aliphatic rings. The molecule has 2 heteroatoms. The number of benzene rings is 1. The second-order valence-corrected chi connectivity index (χ2v) is 5.54. The maximum atomic E-state index is 2.21. The molecule has 1 aromatic rings. The highest BCUT2D eigenvalue weighted by Gasteiger charge is 2.15. The second kappa shape index (κ2) is 4.33. The first kappa shape index (κ1) is 14.1. The van der Waals surface area contributed by atoms with Gasteiger partial charge in [-0.1, -0.05) is 7.43 Å². The van der Waals surface area contributed by atoms with Crippen LogP contribution in [0, 0.1) is 0 Å². The quantitative estimate of drug-likeness (QED) is 0.658. The van der Waals surface area contributed by atoms with E-state index in [1.807, 2.05) is 0 Å². The number of nitrogens with zero attached hydrogens (tertiary/aromatic N) is 2. The van der Waals surface area contributed by atoms with E-state index in [0.29, 0.717) is 0 Å². The average Bonchev–Trinajstić information content (AvgIpc) is 2.01. The Morgan fingerprint density at radius 2 is 0.800 bits per heavy atom. The summed E-state index contributed by atoms with van der Waals surface area (Å²) in [5.41, 5.74) is 2.67. The zero-order chi connectivity index (χ0) is 11.0. The third-order valence-electron chi connectivity index (χ3n) is 2.40. The molecule has 0 aromatic heterocycles. The summed E-state index contributed by atoms with van der Waals surface area (Å²) in [6, 6.07) is 8.83. The lowest BCUT2D eigenvalue weighted by atomic mass is 10.2. The van der Waals surface area contributed by atoms with Crippen molar-refractivity contribution in [3.63, 3.8) is 0 Å². The van der Waals surface area contributed by atoms with Gasteiger partial charge < -0.3 is 0 Å². The second-order valence-electron chi connectivity index (χ2n) is 5.54. The van der Waals surface area contributed by atoms with E-state index in [4.69, 9.17) is 0 Å². The molecule has 0 bridgehead atoms. The molecule has 2 nitrogen and oxygen atoms in total. The van der Waals surface area contributed by atoms with Gasteiger partial charge in [0.2, 0.25) is 0 Å². The van der Waals surface area contributed by atoms with Crippen LogP contribution in [0.2, 0.25) is 0 Å². The van der Waals surface area contributed by atoms with Crippen LogP contribution in [-0.4, -0.2) is 42.3 Å². The molecular formula is C13H26N2+2. The standard InChI is InChI=1S/C12H22N2.CH4/c1-13(2,3)11-7-9-12(10-8-11)14(4,5)6;/h7-10H,1-6H3;1H4/q+2;. The van der Waals surface area contributed by atoms with Crippen molar-refractivity contribution in [2.45, 2.75) is 7.43 Å². The van der Waals surface area contributed by atoms with Gasteiger partial charge in [-0.15, -0.1) is 0 Å². The van der Waals surface area contributed by atoms with Crippen molar-refractivity contribution in [2.75, 3.05) is 42.3 Å². The summed E-state index contributed by atoms with van der Waals surface area (Å²) in [4.78, 5) is 0. The maximum Gasteiger partial charge on any atom is 0.132 e. The van der Waals surface area contributed by atoms with Crippen LogP contribution in [0.3, 0.4) is 0 Å². The maximum absolute atomic E-state index is 2.21. The number of hydrogen-bond acceptors (Lipinski definition) is 0. The third-order valence-corrected chi connectivity index (χ3v) is 2.40. The fraction of sp³-hybridized carbons (Fsp3) is 0.538. The summed E-state index contributed by atoms with van der Waals surface area (Å²) in [6.45, 7) is 0. The van der Waals surface area contributed by atoms with Gasteiger partial charge in [0.1, 0.15) is 11.4 Å². The van der Waals surface area contributed by atoms with E-state index < -0.39 is 0 Å². The van der Waals surface area contributed by atoms with Gasteiger partial charge in [0.05, 0.1) is 42.3 Å². The summed E-state index contributed by atoms with van der Waals surface area (Å²) in [6.07, 6.45) is 0. The van der Waals surface area contributed by atoms with Crippen molar-refractivity contribution in [1.82, 2.24) is 8.97 Å². The van der Waals surface area contributed by atoms with E-state index in [1.54, 1.807) is 0 Å². The predicted molar refractivity (Wildman–Crippen MR) is 72.3 cm³/mol. The molecule has 0 N–H and O–H groups in total. The summed E-state index contributed by atoms with van der Waals surface area (Å²) >= 11 is 0. The summed E-state index contributed by atoms with van der Waals surface area (Å²) in [5.74, 6) is 0. The molecule has 0 spiro atoms. The van der Waals surface area contributed by atoms with E-state index in [2.05, 4.69) is 66.6 Å². The lowest BCUT2D eigenvalue weighted by molar-refractivity contribution is 0.477. The molecule has 0 heterocycles. The summed E-state index contributed by atoms with van der Waals surface area (Å²) < 4.78 is 1.74. The molecule has 0 atom stereocenters. The normalized spacial score (nSPS) is 12.1. The fourth-order valence-electron chi connectivity index (χ4n) is 1.35. The fourth-order valence-corrected chi connectivity index (χ4v) is 1.35. The Bertz CT molecular complexity index is 266. The first-order chi connectivity index (χ1) is 6.21. The molecule has 0 aliphatic heterocycles. The Morgan fingerprint density at radius 3 is 0.933 bits per heavy atom. The van der Waals surface area contributed by atoms with Gasteiger partial charge in [0.25, 0.3) is 0 Å². The Kier molecular flexibility index (Phi) is 4.08. The molecular weight excluding hydrogens is 184 g/mol. The zero-order valence-electron chi connectivity index (χ0n) is 10.2. The van der Waals surface area contributed by atoms with Crippen molar-refractivity contribution < 1.29 is 0 Å². The van der Waals surface area contributed by atoms with Crippen molar-refractivity contribution in [3.8, 4) is 0 Å². The van der Waals surface area contributed by atoms with Gasteiger partial charge >= 0.3 is 0 Å². The van der Waals surface area contributed by atoms with Crippen LogP contribution in [0.5, 0.6) is 0 Å². The average molecular weight is 210 g/mol. The van der Waals surface area contributed by atoms with E-state index in [0.717, 1.165) is 8.97 Å². The third kappa shape index (κ3) is 3.65. The smallest absolute Gasteiger partial charge is 0.132 e. The van der Waals surface area contributed by atoms with Crippen LogP contribution in [0.25, 0.3) is 0 Å². The Hall–Kier alpha value is -0.860. The monoisotopic (exact) mass is 210 g/mol. The lowest BCUT2D eigenvalue weighted by Gasteiger charge is -2.26. The SMILES string of the molecule is C.C[N+](C)(C)c1ccc([N+](C)(C)C)cc1. The van der Waals surface area contributed by atoms with E-state index in [1.165, 1.54) is 11.4 Å². The molecule has 0 amide bonds. The van der Waals surface area contributed by atoms with E-state index >= 15 is 0 Å². The largest absolute Gasteiger partial charge is 0.298 e. The van der Waals surface area contributed by atoms with Gasteiger partial charge in [-0.2, -0.15) is 0 Å². The summed E-state index contributed by atoms with van der Waals surface area (Å²) in [5, 5.41) is 0. The molecule has 0 unspecified atom stereocenters. The molecule has 0 saturated heterocycles.